The van der Waals surface area contributed by atoms with Crippen molar-refractivity contribution in [3.63, 3.8) is 0 Å². The minimum atomic E-state index is 0.228. The highest BCUT2D eigenvalue weighted by Gasteiger charge is 2.18. The lowest BCUT2D eigenvalue weighted by Gasteiger charge is -2.23. The summed E-state index contributed by atoms with van der Waals surface area (Å²) in [4.78, 5) is 0. The van der Waals surface area contributed by atoms with E-state index in [0.29, 0.717) is 0 Å². The lowest BCUT2D eigenvalue weighted by atomic mass is 9.83. The van der Waals surface area contributed by atoms with Gasteiger partial charge in [0.05, 0.1) is 11.7 Å². The summed E-state index contributed by atoms with van der Waals surface area (Å²) in [5, 5.41) is 7.80. The third-order valence-corrected chi connectivity index (χ3v) is 2.97. The Labute approximate surface area is 83.8 Å². The van der Waals surface area contributed by atoms with Gasteiger partial charge in [0.15, 0.2) is 0 Å². The van der Waals surface area contributed by atoms with E-state index in [1.54, 1.807) is 10.7 Å². The average Bonchev–Trinajstić information content (AvgIpc) is 2.64. The molecule has 74 valence electrons. The van der Waals surface area contributed by atoms with E-state index in [9.17, 15) is 0 Å². The standard InChI is InChI=1S/C11H15N3/c1-4-11(2,3)9-5-6-14-10(7-9)8-12-13-14/h5-8H,4H2,1-3H3. The summed E-state index contributed by atoms with van der Waals surface area (Å²) >= 11 is 0. The molecule has 2 aromatic rings. The molecular weight excluding hydrogens is 174 g/mol. The zero-order valence-corrected chi connectivity index (χ0v) is 8.86. The van der Waals surface area contributed by atoms with Gasteiger partial charge >= 0.3 is 0 Å². The van der Waals surface area contributed by atoms with Crippen LogP contribution >= 0.6 is 0 Å². The predicted octanol–water partition coefficient (Wildman–Crippen LogP) is 2.42. The van der Waals surface area contributed by atoms with Crippen molar-refractivity contribution in [2.75, 3.05) is 0 Å². The highest BCUT2D eigenvalue weighted by molar-refractivity contribution is 5.47. The molecule has 0 aromatic carbocycles. The van der Waals surface area contributed by atoms with Crippen molar-refractivity contribution in [2.45, 2.75) is 32.6 Å². The number of pyridine rings is 1. The fourth-order valence-corrected chi connectivity index (χ4v) is 1.45. The van der Waals surface area contributed by atoms with E-state index >= 15 is 0 Å². The summed E-state index contributed by atoms with van der Waals surface area (Å²) in [6.07, 6.45) is 4.88. The van der Waals surface area contributed by atoms with Crippen molar-refractivity contribution in [2.24, 2.45) is 0 Å². The normalized spacial score (nSPS) is 12.2. The van der Waals surface area contributed by atoms with Crippen LogP contribution in [0.2, 0.25) is 0 Å². The molecule has 3 heteroatoms. The van der Waals surface area contributed by atoms with Crippen LogP contribution in [0.3, 0.4) is 0 Å². The van der Waals surface area contributed by atoms with E-state index in [-0.39, 0.29) is 5.41 Å². The van der Waals surface area contributed by atoms with Gasteiger partial charge in [0.25, 0.3) is 0 Å². The summed E-state index contributed by atoms with van der Waals surface area (Å²) in [5.74, 6) is 0. The molecule has 0 saturated heterocycles. The molecule has 0 fully saturated rings. The van der Waals surface area contributed by atoms with Gasteiger partial charge in [0.2, 0.25) is 0 Å². The van der Waals surface area contributed by atoms with Crippen LogP contribution in [0.1, 0.15) is 32.8 Å². The molecule has 0 aliphatic rings. The fourth-order valence-electron chi connectivity index (χ4n) is 1.45. The maximum Gasteiger partial charge on any atom is 0.0867 e. The lowest BCUT2D eigenvalue weighted by molar-refractivity contribution is 0.506. The molecule has 3 nitrogen and oxygen atoms in total. The Balaban J connectivity index is 2.53. The average molecular weight is 189 g/mol. The van der Waals surface area contributed by atoms with Gasteiger partial charge in [-0.25, -0.2) is 4.52 Å². The fraction of sp³-hybridized carbons (Fsp3) is 0.455. The van der Waals surface area contributed by atoms with Gasteiger partial charge in [0, 0.05) is 6.20 Å². The summed E-state index contributed by atoms with van der Waals surface area (Å²) in [6, 6.07) is 4.27. The van der Waals surface area contributed by atoms with Crippen LogP contribution in [0.4, 0.5) is 0 Å². The van der Waals surface area contributed by atoms with E-state index < -0.39 is 0 Å². The van der Waals surface area contributed by atoms with Crippen molar-refractivity contribution in [3.05, 3.63) is 30.1 Å². The van der Waals surface area contributed by atoms with Crippen LogP contribution in [0.25, 0.3) is 5.52 Å². The Kier molecular flexibility index (Phi) is 2.02. The van der Waals surface area contributed by atoms with E-state index in [1.165, 1.54) is 5.56 Å². The highest BCUT2D eigenvalue weighted by Crippen LogP contribution is 2.26. The number of hydrogen-bond acceptors (Lipinski definition) is 2. The molecular formula is C11H15N3. The van der Waals surface area contributed by atoms with Gasteiger partial charge in [-0.15, -0.1) is 5.10 Å². The maximum atomic E-state index is 3.93. The smallest absolute Gasteiger partial charge is 0.0867 e. The SMILES string of the molecule is CCC(C)(C)c1ccn2nncc2c1. The zero-order chi connectivity index (χ0) is 10.2. The van der Waals surface area contributed by atoms with Gasteiger partial charge < -0.3 is 0 Å². The summed E-state index contributed by atoms with van der Waals surface area (Å²) in [5.41, 5.74) is 2.63. The first-order valence-corrected chi connectivity index (χ1v) is 4.94. The molecule has 2 aromatic heterocycles. The van der Waals surface area contributed by atoms with Crippen molar-refractivity contribution >= 4 is 5.52 Å². The van der Waals surface area contributed by atoms with Crippen LogP contribution < -0.4 is 0 Å². The van der Waals surface area contributed by atoms with Crippen LogP contribution in [0.5, 0.6) is 0 Å². The Morgan fingerprint density at radius 3 is 2.93 bits per heavy atom. The molecule has 2 heterocycles. The number of rotatable bonds is 2. The van der Waals surface area contributed by atoms with E-state index in [1.807, 2.05) is 6.20 Å². The van der Waals surface area contributed by atoms with Gasteiger partial charge in [-0.2, -0.15) is 0 Å². The first kappa shape index (κ1) is 9.19. The molecule has 0 amide bonds. The predicted molar refractivity (Wildman–Crippen MR) is 56.3 cm³/mol. The molecule has 0 N–H and O–H groups in total. The molecule has 2 rings (SSSR count). The van der Waals surface area contributed by atoms with E-state index in [4.69, 9.17) is 0 Å². The van der Waals surface area contributed by atoms with Crippen molar-refractivity contribution in [3.8, 4) is 0 Å². The molecule has 0 saturated carbocycles. The number of nitrogens with zero attached hydrogens (tertiary/aromatic N) is 3. The van der Waals surface area contributed by atoms with Crippen molar-refractivity contribution in [1.29, 1.82) is 0 Å². The largest absolute Gasteiger partial charge is 0.221 e. The quantitative estimate of drug-likeness (QED) is 0.726. The van der Waals surface area contributed by atoms with Gasteiger partial charge in [-0.3, -0.25) is 0 Å². The first-order chi connectivity index (χ1) is 6.63. The van der Waals surface area contributed by atoms with Crippen LogP contribution in [-0.2, 0) is 5.41 Å². The highest BCUT2D eigenvalue weighted by atomic mass is 15.4. The summed E-state index contributed by atoms with van der Waals surface area (Å²) in [6.45, 7) is 6.71. The second kappa shape index (κ2) is 3.08. The van der Waals surface area contributed by atoms with Gasteiger partial charge in [-0.1, -0.05) is 26.0 Å². The number of aromatic nitrogens is 3. The molecule has 0 atom stereocenters. The number of hydrogen-bond donors (Lipinski definition) is 0. The van der Waals surface area contributed by atoms with Gasteiger partial charge in [0.1, 0.15) is 0 Å². The molecule has 0 radical (unpaired) electrons. The van der Waals surface area contributed by atoms with E-state index in [0.717, 1.165) is 11.9 Å². The minimum Gasteiger partial charge on any atom is -0.221 e. The summed E-state index contributed by atoms with van der Waals surface area (Å²) < 4.78 is 1.79. The maximum absolute atomic E-state index is 3.93. The van der Waals surface area contributed by atoms with Crippen LogP contribution in [-0.4, -0.2) is 14.8 Å². The molecule has 0 bridgehead atoms. The molecule has 0 spiro atoms. The first-order valence-electron chi connectivity index (χ1n) is 4.94. The molecule has 0 aliphatic heterocycles. The minimum absolute atomic E-state index is 0.228. The monoisotopic (exact) mass is 189 g/mol. The molecule has 14 heavy (non-hydrogen) atoms. The Morgan fingerprint density at radius 2 is 2.21 bits per heavy atom. The van der Waals surface area contributed by atoms with E-state index in [2.05, 4.69) is 43.2 Å². The zero-order valence-electron chi connectivity index (χ0n) is 8.86. The van der Waals surface area contributed by atoms with Gasteiger partial charge in [-0.05, 0) is 29.5 Å². The topological polar surface area (TPSA) is 30.2 Å². The molecule has 0 aliphatic carbocycles. The molecule has 0 unspecified atom stereocenters. The number of fused-ring (bicyclic) bond motifs is 1. The summed E-state index contributed by atoms with van der Waals surface area (Å²) in [7, 11) is 0. The third-order valence-electron chi connectivity index (χ3n) is 2.97. The second-order valence-corrected chi connectivity index (χ2v) is 4.26. The van der Waals surface area contributed by atoms with Crippen molar-refractivity contribution in [1.82, 2.24) is 14.8 Å². The Hall–Kier alpha value is -1.38. The lowest BCUT2D eigenvalue weighted by Crippen LogP contribution is -2.15. The Morgan fingerprint density at radius 1 is 1.43 bits per heavy atom. The second-order valence-electron chi connectivity index (χ2n) is 4.26. The van der Waals surface area contributed by atoms with Crippen LogP contribution in [0.15, 0.2) is 24.5 Å². The van der Waals surface area contributed by atoms with Crippen LogP contribution in [0, 0.1) is 0 Å². The van der Waals surface area contributed by atoms with Crippen molar-refractivity contribution < 1.29 is 0 Å². The third kappa shape index (κ3) is 1.39. The Bertz CT molecular complexity index is 442.